The minimum atomic E-state index is -0.268. The maximum absolute atomic E-state index is 13.4. The second-order valence-corrected chi connectivity index (χ2v) is 7.81. The summed E-state index contributed by atoms with van der Waals surface area (Å²) >= 11 is 0. The van der Waals surface area contributed by atoms with Crippen LogP contribution in [0.2, 0.25) is 0 Å². The molecule has 2 aromatic rings. The van der Waals surface area contributed by atoms with Crippen molar-refractivity contribution in [3.63, 3.8) is 0 Å². The Kier molecular flexibility index (Phi) is 5.24. The minimum absolute atomic E-state index is 0.227. The first-order chi connectivity index (χ1) is 14.5. The molecule has 2 amide bonds. The molecule has 0 fully saturated rings. The zero-order chi connectivity index (χ0) is 21.4. The first-order valence-electron chi connectivity index (χ1n) is 10.1. The standard InChI is InChI=1S/C24H26N2O4/c1-15(2)26-23(27)21(17-9-10-19(29-3)20(13-17)30-4)22(24(26)28)25-12-11-16-7-5-6-8-18(16)14-25/h5-10,13,15H,11-12,14H2,1-4H3. The quantitative estimate of drug-likeness (QED) is 0.714. The Labute approximate surface area is 176 Å². The summed E-state index contributed by atoms with van der Waals surface area (Å²) in [7, 11) is 3.12. The lowest BCUT2D eigenvalue weighted by Gasteiger charge is -2.31. The number of nitrogens with zero attached hydrogens (tertiary/aromatic N) is 2. The van der Waals surface area contributed by atoms with Gasteiger partial charge in [-0.3, -0.25) is 14.5 Å². The molecule has 2 aliphatic heterocycles. The van der Waals surface area contributed by atoms with Crippen LogP contribution in [0.5, 0.6) is 11.5 Å². The molecule has 0 saturated carbocycles. The molecule has 6 nitrogen and oxygen atoms in total. The maximum Gasteiger partial charge on any atom is 0.278 e. The van der Waals surface area contributed by atoms with Crippen molar-refractivity contribution in [2.75, 3.05) is 20.8 Å². The molecule has 2 aromatic carbocycles. The number of carbonyl (C=O) groups is 2. The fraction of sp³-hybridized carbons (Fsp3) is 0.333. The van der Waals surface area contributed by atoms with Crippen LogP contribution in [-0.2, 0) is 22.6 Å². The predicted octanol–water partition coefficient (Wildman–Crippen LogP) is 3.25. The van der Waals surface area contributed by atoms with Crippen LogP contribution >= 0.6 is 0 Å². The zero-order valence-electron chi connectivity index (χ0n) is 17.8. The van der Waals surface area contributed by atoms with Crippen LogP contribution in [0.3, 0.4) is 0 Å². The molecule has 0 radical (unpaired) electrons. The lowest BCUT2D eigenvalue weighted by Crippen LogP contribution is -2.40. The molecule has 2 heterocycles. The molecule has 0 saturated heterocycles. The minimum Gasteiger partial charge on any atom is -0.493 e. The number of amides is 2. The molecule has 0 unspecified atom stereocenters. The van der Waals surface area contributed by atoms with Crippen molar-refractivity contribution in [1.29, 1.82) is 0 Å². The summed E-state index contributed by atoms with van der Waals surface area (Å²) in [6.45, 7) is 5.01. The van der Waals surface area contributed by atoms with E-state index in [0.29, 0.717) is 41.4 Å². The summed E-state index contributed by atoms with van der Waals surface area (Å²) in [4.78, 5) is 30.1. The molecule has 0 spiro atoms. The van der Waals surface area contributed by atoms with Crippen LogP contribution < -0.4 is 9.47 Å². The van der Waals surface area contributed by atoms with Crippen LogP contribution in [0.4, 0.5) is 0 Å². The Morgan fingerprint density at radius 1 is 0.900 bits per heavy atom. The van der Waals surface area contributed by atoms with Crippen molar-refractivity contribution in [3.05, 3.63) is 64.9 Å². The number of ether oxygens (including phenoxy) is 2. The summed E-state index contributed by atoms with van der Waals surface area (Å²) in [5, 5.41) is 0. The Balaban J connectivity index is 1.84. The normalized spacial score (nSPS) is 16.4. The molecule has 156 valence electrons. The molecule has 0 N–H and O–H groups in total. The Bertz CT molecular complexity index is 1040. The lowest BCUT2D eigenvalue weighted by atomic mass is 9.97. The highest BCUT2D eigenvalue weighted by Gasteiger charge is 2.43. The van der Waals surface area contributed by atoms with E-state index < -0.39 is 0 Å². The number of rotatable bonds is 5. The number of hydrogen-bond donors (Lipinski definition) is 0. The number of benzene rings is 2. The smallest absolute Gasteiger partial charge is 0.278 e. The highest BCUT2D eigenvalue weighted by molar-refractivity contribution is 6.35. The molecule has 4 rings (SSSR count). The van der Waals surface area contributed by atoms with E-state index in [1.54, 1.807) is 26.4 Å². The topological polar surface area (TPSA) is 59.1 Å². The van der Waals surface area contributed by atoms with Gasteiger partial charge in [-0.2, -0.15) is 0 Å². The molecular weight excluding hydrogens is 380 g/mol. The number of carbonyl (C=O) groups excluding carboxylic acids is 2. The van der Waals surface area contributed by atoms with Crippen molar-refractivity contribution in [2.45, 2.75) is 32.9 Å². The number of methoxy groups -OCH3 is 2. The average Bonchev–Trinajstić information content (AvgIpc) is 3.02. The van der Waals surface area contributed by atoms with E-state index in [-0.39, 0.29) is 17.9 Å². The third-order valence-corrected chi connectivity index (χ3v) is 5.73. The molecule has 0 bridgehead atoms. The zero-order valence-corrected chi connectivity index (χ0v) is 17.8. The van der Waals surface area contributed by atoms with Crippen LogP contribution in [-0.4, -0.2) is 48.4 Å². The summed E-state index contributed by atoms with van der Waals surface area (Å²) in [5.74, 6) is 0.595. The van der Waals surface area contributed by atoms with E-state index in [9.17, 15) is 9.59 Å². The average molecular weight is 406 g/mol. The van der Waals surface area contributed by atoms with Crippen LogP contribution in [0, 0.1) is 0 Å². The predicted molar refractivity (Wildman–Crippen MR) is 114 cm³/mol. The maximum atomic E-state index is 13.4. The summed E-state index contributed by atoms with van der Waals surface area (Å²) < 4.78 is 10.8. The van der Waals surface area contributed by atoms with Crippen LogP contribution in [0.1, 0.15) is 30.5 Å². The van der Waals surface area contributed by atoms with E-state index in [2.05, 4.69) is 12.1 Å². The fourth-order valence-electron chi connectivity index (χ4n) is 4.24. The highest BCUT2D eigenvalue weighted by atomic mass is 16.5. The van der Waals surface area contributed by atoms with Gasteiger partial charge in [0.15, 0.2) is 11.5 Å². The largest absolute Gasteiger partial charge is 0.493 e. The van der Waals surface area contributed by atoms with E-state index in [1.165, 1.54) is 16.0 Å². The highest BCUT2D eigenvalue weighted by Crippen LogP contribution is 2.38. The van der Waals surface area contributed by atoms with Gasteiger partial charge in [-0.15, -0.1) is 0 Å². The monoisotopic (exact) mass is 406 g/mol. The van der Waals surface area contributed by atoms with Crippen molar-refractivity contribution in [1.82, 2.24) is 9.80 Å². The lowest BCUT2D eigenvalue weighted by molar-refractivity contribution is -0.139. The van der Waals surface area contributed by atoms with Crippen molar-refractivity contribution in [2.24, 2.45) is 0 Å². The molecule has 0 aromatic heterocycles. The summed E-state index contributed by atoms with van der Waals surface area (Å²) in [6, 6.07) is 13.4. The third-order valence-electron chi connectivity index (χ3n) is 5.73. The van der Waals surface area contributed by atoms with Crippen molar-refractivity contribution >= 4 is 17.4 Å². The fourth-order valence-corrected chi connectivity index (χ4v) is 4.24. The van der Waals surface area contributed by atoms with E-state index in [4.69, 9.17) is 9.47 Å². The van der Waals surface area contributed by atoms with Crippen molar-refractivity contribution in [3.8, 4) is 11.5 Å². The van der Waals surface area contributed by atoms with E-state index in [1.807, 2.05) is 36.9 Å². The molecule has 2 aliphatic rings. The number of hydrogen-bond acceptors (Lipinski definition) is 5. The third kappa shape index (κ3) is 3.22. The van der Waals surface area contributed by atoms with Gasteiger partial charge in [-0.1, -0.05) is 30.3 Å². The van der Waals surface area contributed by atoms with Gasteiger partial charge < -0.3 is 14.4 Å². The Hall–Kier alpha value is -3.28. The molecule has 6 heteroatoms. The van der Waals surface area contributed by atoms with Gasteiger partial charge in [0.1, 0.15) is 5.70 Å². The number of fused-ring (bicyclic) bond motifs is 1. The first kappa shape index (κ1) is 20.0. The molecule has 30 heavy (non-hydrogen) atoms. The van der Waals surface area contributed by atoms with Gasteiger partial charge in [0.2, 0.25) is 0 Å². The Morgan fingerprint density at radius 3 is 2.27 bits per heavy atom. The Morgan fingerprint density at radius 2 is 1.60 bits per heavy atom. The summed E-state index contributed by atoms with van der Waals surface area (Å²) in [5.41, 5.74) is 4.03. The van der Waals surface area contributed by atoms with E-state index >= 15 is 0 Å². The van der Waals surface area contributed by atoms with Gasteiger partial charge in [0, 0.05) is 19.1 Å². The number of imide groups is 1. The second kappa shape index (κ2) is 7.86. The molecular formula is C24H26N2O4. The molecule has 0 aliphatic carbocycles. The van der Waals surface area contributed by atoms with Gasteiger partial charge in [-0.25, -0.2) is 0 Å². The van der Waals surface area contributed by atoms with Crippen molar-refractivity contribution < 1.29 is 19.1 Å². The second-order valence-electron chi connectivity index (χ2n) is 7.81. The van der Waals surface area contributed by atoms with Gasteiger partial charge in [0.05, 0.1) is 19.8 Å². The SMILES string of the molecule is COc1ccc(C2=C(N3CCc4ccccc4C3)C(=O)N(C(C)C)C2=O)cc1OC. The molecule has 0 atom stereocenters. The van der Waals surface area contributed by atoms with Crippen LogP contribution in [0.25, 0.3) is 5.57 Å². The van der Waals surface area contributed by atoms with Gasteiger partial charge >= 0.3 is 0 Å². The first-order valence-corrected chi connectivity index (χ1v) is 10.1. The van der Waals surface area contributed by atoms with Gasteiger partial charge in [-0.05, 0) is 49.1 Å². The van der Waals surface area contributed by atoms with E-state index in [0.717, 1.165) is 6.42 Å². The van der Waals surface area contributed by atoms with Gasteiger partial charge in [0.25, 0.3) is 11.8 Å². The van der Waals surface area contributed by atoms with Crippen LogP contribution in [0.15, 0.2) is 48.2 Å². The summed E-state index contributed by atoms with van der Waals surface area (Å²) in [6.07, 6.45) is 0.835.